The van der Waals surface area contributed by atoms with Gasteiger partial charge in [-0.05, 0) is 41.6 Å². The van der Waals surface area contributed by atoms with Crippen molar-refractivity contribution < 1.29 is 4.79 Å². The van der Waals surface area contributed by atoms with E-state index in [-0.39, 0.29) is 18.9 Å². The fourth-order valence-electron chi connectivity index (χ4n) is 2.07. The molecule has 0 radical (unpaired) electrons. The lowest BCUT2D eigenvalue weighted by atomic mass is 10.2. The number of benzene rings is 2. The maximum Gasteiger partial charge on any atom is 0.226 e. The monoisotopic (exact) mass is 395 g/mol. The Balaban J connectivity index is 1.60. The second-order valence-corrected chi connectivity index (χ2v) is 6.36. The number of anilines is 1. The van der Waals surface area contributed by atoms with Crippen LogP contribution in [0.4, 0.5) is 5.69 Å². The quantitative estimate of drug-likeness (QED) is 0.696. The van der Waals surface area contributed by atoms with Gasteiger partial charge in [0.1, 0.15) is 0 Å². The molecule has 3 aromatic rings. The van der Waals surface area contributed by atoms with Crippen molar-refractivity contribution in [1.82, 2.24) is 20.2 Å². The van der Waals surface area contributed by atoms with Gasteiger partial charge in [0.05, 0.1) is 22.3 Å². The molecule has 0 aliphatic carbocycles. The van der Waals surface area contributed by atoms with E-state index in [0.717, 1.165) is 5.56 Å². The van der Waals surface area contributed by atoms with Crippen LogP contribution in [0.2, 0.25) is 15.1 Å². The topological polar surface area (TPSA) is 72.7 Å². The number of tetrazole rings is 1. The molecule has 1 amide bonds. The highest BCUT2D eigenvalue weighted by atomic mass is 35.5. The van der Waals surface area contributed by atoms with Crippen molar-refractivity contribution in [3.63, 3.8) is 0 Å². The molecule has 0 spiro atoms. The maximum atomic E-state index is 12.1. The van der Waals surface area contributed by atoms with Gasteiger partial charge < -0.3 is 5.32 Å². The molecule has 1 aromatic heterocycles. The Morgan fingerprint density at radius 3 is 2.40 bits per heavy atom. The second-order valence-electron chi connectivity index (χ2n) is 5.11. The normalized spacial score (nSPS) is 10.7. The molecule has 2 aromatic carbocycles. The van der Waals surface area contributed by atoms with E-state index in [1.807, 2.05) is 0 Å². The van der Waals surface area contributed by atoms with Gasteiger partial charge in [0.15, 0.2) is 0 Å². The third-order valence-corrected chi connectivity index (χ3v) is 4.20. The molecule has 0 fully saturated rings. The number of aryl methyl sites for hydroxylation is 1. The van der Waals surface area contributed by atoms with E-state index in [2.05, 4.69) is 20.7 Å². The predicted octanol–water partition coefficient (Wildman–Crippen LogP) is 4.33. The number of carbonyl (C=O) groups excluding carboxylic acids is 1. The molecular formula is C16H12Cl3N5O. The van der Waals surface area contributed by atoms with Gasteiger partial charge in [-0.1, -0.05) is 40.9 Å². The third kappa shape index (κ3) is 4.48. The predicted molar refractivity (Wildman–Crippen MR) is 98.0 cm³/mol. The Kier molecular flexibility index (Phi) is 5.53. The SMILES string of the molecule is O=C(CCn1nnc(-c2ccc(Cl)cc2)n1)Nc1c(Cl)cccc1Cl. The van der Waals surface area contributed by atoms with Crippen LogP contribution >= 0.6 is 34.8 Å². The molecule has 9 heteroatoms. The molecule has 128 valence electrons. The van der Waals surface area contributed by atoms with E-state index in [1.54, 1.807) is 42.5 Å². The van der Waals surface area contributed by atoms with Gasteiger partial charge >= 0.3 is 0 Å². The summed E-state index contributed by atoms with van der Waals surface area (Å²) in [6.45, 7) is 0.272. The van der Waals surface area contributed by atoms with Gasteiger partial charge in [-0.3, -0.25) is 4.79 Å². The van der Waals surface area contributed by atoms with E-state index in [1.165, 1.54) is 4.80 Å². The highest BCUT2D eigenvalue weighted by Crippen LogP contribution is 2.29. The summed E-state index contributed by atoms with van der Waals surface area (Å²) in [5.74, 6) is 0.214. The first-order valence-electron chi connectivity index (χ1n) is 7.30. The number of aromatic nitrogens is 4. The minimum atomic E-state index is -0.250. The van der Waals surface area contributed by atoms with Gasteiger partial charge in [-0.15, -0.1) is 10.2 Å². The van der Waals surface area contributed by atoms with Gasteiger partial charge in [-0.25, -0.2) is 0 Å². The van der Waals surface area contributed by atoms with E-state index < -0.39 is 0 Å². The maximum absolute atomic E-state index is 12.1. The molecule has 0 saturated carbocycles. The molecule has 1 N–H and O–H groups in total. The molecule has 0 aliphatic rings. The average molecular weight is 397 g/mol. The van der Waals surface area contributed by atoms with Gasteiger partial charge in [0, 0.05) is 17.0 Å². The third-order valence-electron chi connectivity index (χ3n) is 3.32. The molecule has 0 unspecified atom stereocenters. The number of carbonyl (C=O) groups is 1. The molecule has 3 rings (SSSR count). The number of para-hydroxylation sites is 1. The van der Waals surface area contributed by atoms with Crippen molar-refractivity contribution in [3.8, 4) is 11.4 Å². The zero-order valence-electron chi connectivity index (χ0n) is 12.8. The van der Waals surface area contributed by atoms with Crippen molar-refractivity contribution in [3.05, 3.63) is 57.5 Å². The summed E-state index contributed by atoms with van der Waals surface area (Å²) in [7, 11) is 0. The summed E-state index contributed by atoms with van der Waals surface area (Å²) in [4.78, 5) is 13.4. The lowest BCUT2D eigenvalue weighted by molar-refractivity contribution is -0.116. The Bertz CT molecular complexity index is 875. The zero-order valence-corrected chi connectivity index (χ0v) is 15.1. The number of nitrogens with one attached hydrogen (secondary N) is 1. The minimum Gasteiger partial charge on any atom is -0.323 e. The number of halogens is 3. The molecule has 0 bridgehead atoms. The smallest absolute Gasteiger partial charge is 0.226 e. The number of hydrogen-bond acceptors (Lipinski definition) is 4. The first-order chi connectivity index (χ1) is 12.0. The number of amides is 1. The summed E-state index contributed by atoms with van der Waals surface area (Å²) in [5, 5.41) is 16.2. The fraction of sp³-hybridized carbons (Fsp3) is 0.125. The van der Waals surface area contributed by atoms with E-state index >= 15 is 0 Å². The molecule has 1 heterocycles. The van der Waals surface area contributed by atoms with Crippen LogP contribution in [0, 0.1) is 0 Å². The van der Waals surface area contributed by atoms with Crippen LogP contribution < -0.4 is 5.32 Å². The molecule has 0 atom stereocenters. The van der Waals surface area contributed by atoms with Crippen LogP contribution in [0.15, 0.2) is 42.5 Å². The van der Waals surface area contributed by atoms with E-state index in [0.29, 0.717) is 26.6 Å². The van der Waals surface area contributed by atoms with Crippen LogP contribution in [0.3, 0.4) is 0 Å². The summed E-state index contributed by atoms with van der Waals surface area (Å²) in [6, 6.07) is 12.1. The second kappa shape index (κ2) is 7.82. The zero-order chi connectivity index (χ0) is 17.8. The number of hydrogen-bond donors (Lipinski definition) is 1. The highest BCUT2D eigenvalue weighted by molar-refractivity contribution is 6.39. The highest BCUT2D eigenvalue weighted by Gasteiger charge is 2.11. The summed E-state index contributed by atoms with van der Waals surface area (Å²) in [6.07, 6.45) is 0.151. The Hall–Kier alpha value is -2.15. The Morgan fingerprint density at radius 2 is 1.72 bits per heavy atom. The van der Waals surface area contributed by atoms with E-state index in [9.17, 15) is 4.79 Å². The van der Waals surface area contributed by atoms with Gasteiger partial charge in [0.2, 0.25) is 11.7 Å². The minimum absolute atomic E-state index is 0.151. The van der Waals surface area contributed by atoms with Crippen LogP contribution in [0.5, 0.6) is 0 Å². The van der Waals surface area contributed by atoms with Crippen LogP contribution in [-0.4, -0.2) is 26.1 Å². The standard InChI is InChI=1S/C16H12Cl3N5O/c17-11-6-4-10(5-7-11)16-21-23-24(22-16)9-8-14(25)20-15-12(18)2-1-3-13(15)19/h1-7H,8-9H2,(H,20,25). The lowest BCUT2D eigenvalue weighted by Crippen LogP contribution is -2.16. The van der Waals surface area contributed by atoms with E-state index in [4.69, 9.17) is 34.8 Å². The Morgan fingerprint density at radius 1 is 1.04 bits per heavy atom. The van der Waals surface area contributed by atoms with Crippen LogP contribution in [0.1, 0.15) is 6.42 Å². The molecule has 0 saturated heterocycles. The largest absolute Gasteiger partial charge is 0.323 e. The summed E-state index contributed by atoms with van der Waals surface area (Å²) < 4.78 is 0. The fourth-order valence-corrected chi connectivity index (χ4v) is 2.69. The van der Waals surface area contributed by atoms with Crippen molar-refractivity contribution in [2.24, 2.45) is 0 Å². The number of nitrogens with zero attached hydrogens (tertiary/aromatic N) is 4. The van der Waals surface area contributed by atoms with Crippen molar-refractivity contribution >= 4 is 46.4 Å². The first-order valence-corrected chi connectivity index (χ1v) is 8.44. The molecule has 25 heavy (non-hydrogen) atoms. The van der Waals surface area contributed by atoms with Crippen LogP contribution in [-0.2, 0) is 11.3 Å². The van der Waals surface area contributed by atoms with Gasteiger partial charge in [0.25, 0.3) is 0 Å². The van der Waals surface area contributed by atoms with Crippen LogP contribution in [0.25, 0.3) is 11.4 Å². The summed E-state index contributed by atoms with van der Waals surface area (Å²) in [5.41, 5.74) is 1.19. The van der Waals surface area contributed by atoms with Crippen molar-refractivity contribution in [2.75, 3.05) is 5.32 Å². The molecule has 0 aliphatic heterocycles. The van der Waals surface area contributed by atoms with Crippen molar-refractivity contribution in [2.45, 2.75) is 13.0 Å². The lowest BCUT2D eigenvalue weighted by Gasteiger charge is -2.08. The first kappa shape index (κ1) is 17.7. The average Bonchev–Trinajstić information content (AvgIpc) is 3.06. The molecule has 6 nitrogen and oxygen atoms in total. The number of rotatable bonds is 5. The van der Waals surface area contributed by atoms with Crippen molar-refractivity contribution in [1.29, 1.82) is 0 Å². The molecular weight excluding hydrogens is 385 g/mol. The van der Waals surface area contributed by atoms with Gasteiger partial charge in [-0.2, -0.15) is 4.80 Å². The summed E-state index contributed by atoms with van der Waals surface area (Å²) >= 11 is 17.9. The Labute approximate surface area is 158 Å².